The Labute approximate surface area is 577 Å². The molecular weight excluding hydrogens is 1310 g/mol. The highest BCUT2D eigenvalue weighted by atomic mass is 16.4. The summed E-state index contributed by atoms with van der Waals surface area (Å²) in [4.78, 5) is 211. The largest absolute Gasteiger partial charge is 0.481 e. The number of carboxylic acid groups (broad SMARTS) is 2. The van der Waals surface area contributed by atoms with Crippen LogP contribution in [0.25, 0.3) is 0 Å². The highest BCUT2D eigenvalue weighted by Crippen LogP contribution is 2.21. The predicted molar refractivity (Wildman–Crippen MR) is 354 cm³/mol. The molecule has 23 N–H and O–H groups in total. The third-order valence-electron chi connectivity index (χ3n) is 16.3. The van der Waals surface area contributed by atoms with Crippen LogP contribution in [0.3, 0.4) is 0 Å². The number of carbonyl (C=O) groups is 15. The summed E-state index contributed by atoms with van der Waals surface area (Å²) in [7, 11) is 0. The van der Waals surface area contributed by atoms with Crippen molar-refractivity contribution in [2.45, 2.75) is 217 Å². The molecule has 1 fully saturated rings. The van der Waals surface area contributed by atoms with Crippen LogP contribution in [0.15, 0.2) is 42.9 Å². The lowest BCUT2D eigenvalue weighted by molar-refractivity contribution is -0.146. The van der Waals surface area contributed by atoms with Gasteiger partial charge in [-0.15, -0.1) is 0 Å². The van der Waals surface area contributed by atoms with Gasteiger partial charge in [-0.1, -0.05) is 64.4 Å². The Morgan fingerprint density at radius 3 is 1.65 bits per heavy atom. The lowest BCUT2D eigenvalue weighted by Gasteiger charge is -2.30. The number of likely N-dealkylation sites (tertiary alicyclic amines) is 1. The van der Waals surface area contributed by atoms with E-state index in [9.17, 15) is 97.5 Å². The SMILES string of the molecule is CC[C@H](C)[C@H](NC(=O)[C@H](C)NC(=O)[C@H](CC(N)=O)NC(=O)[C@@H]1CCCN1C(=O)[C@H](CC(=O)O)NC(=O)[C@H](CCCCN)NC(=O)[C@H](Cc1cnc[nH]1)NC(=O)[C@H](C)NC(=O)[C@@H](NC(=O)[C@@H](N)[C@@H](C)O)[C@@H](C)O)C(=O)N[C@@H](Cc1ccccc1)C(=O)N[C@@H](CC(C)C)C(=O)N[C@@H](CO)C(=O)O. The van der Waals surface area contributed by atoms with Gasteiger partial charge in [0.25, 0.3) is 0 Å². The van der Waals surface area contributed by atoms with Gasteiger partial charge in [0.2, 0.25) is 76.8 Å². The molecule has 37 nitrogen and oxygen atoms in total. The number of rotatable bonds is 43. The Balaban J connectivity index is 1.84. The zero-order valence-corrected chi connectivity index (χ0v) is 57.2. The van der Waals surface area contributed by atoms with Crippen molar-refractivity contribution in [3.63, 3.8) is 0 Å². The summed E-state index contributed by atoms with van der Waals surface area (Å²) in [6.45, 7) is 10.6. The maximum absolute atomic E-state index is 14.5. The minimum atomic E-state index is -1.92. The van der Waals surface area contributed by atoms with E-state index in [1.165, 1.54) is 40.2 Å². The van der Waals surface area contributed by atoms with Crippen molar-refractivity contribution in [2.75, 3.05) is 19.7 Å². The molecule has 0 aliphatic carbocycles. The number of aromatic amines is 1. The molecule has 100 heavy (non-hydrogen) atoms. The minimum absolute atomic E-state index is 0.0176. The number of nitrogens with two attached hydrogens (primary N) is 3. The van der Waals surface area contributed by atoms with E-state index in [0.29, 0.717) is 17.7 Å². The standard InChI is InChI=1S/C63H99N17O20/c1-9-31(4)49(60(96)75-40(23-36-16-11-10-12-17-36)56(92)73-39(22-30(2)3)55(91)77-44(28-81)63(99)100)78-52(88)33(6)69-54(90)42(25-46(65)84)74-58(94)45-19-15-21-80(45)62(98)43(26-47(85)86)76-53(89)38(18-13-14-20-64)71-57(93)41(24-37-27-67-29-68-37)72-51(87)32(5)70-61(97)50(35(8)83)79-59(95)48(66)34(7)82/h10-12,16-17,27,29-35,38-45,48-50,81-83H,9,13-15,18-26,28,64,66H2,1-8H3,(H2,65,84)(H,67,68)(H,69,90)(H,70,97)(H,71,93)(H,72,87)(H,73,92)(H,74,94)(H,75,96)(H,76,89)(H,77,91)(H,78,88)(H,79,95)(H,85,86)(H,99,100)/t31-,32-,33-,34+,35+,38-,39-,40-,41-,42-,43-,44-,45-,48-,49-,50-/m0/s1. The number of aliphatic hydroxyl groups excluding tert-OH is 3. The Bertz CT molecular complexity index is 3140. The predicted octanol–water partition coefficient (Wildman–Crippen LogP) is -6.70. The molecule has 556 valence electrons. The number of nitrogens with zero attached hydrogens (tertiary/aromatic N) is 2. The highest BCUT2D eigenvalue weighted by molar-refractivity contribution is 6.01. The van der Waals surface area contributed by atoms with E-state index in [1.54, 1.807) is 58.0 Å². The summed E-state index contributed by atoms with van der Waals surface area (Å²) in [5, 5.41) is 75.8. The Kier molecular flexibility index (Phi) is 35.2. The molecule has 2 aromatic rings. The first-order chi connectivity index (χ1) is 47.0. The Hall–Kier alpha value is -9.72. The molecule has 1 saturated heterocycles. The molecule has 0 saturated carbocycles. The second-order valence-electron chi connectivity index (χ2n) is 25.1. The molecule has 0 bridgehead atoms. The van der Waals surface area contributed by atoms with Crippen molar-refractivity contribution in [1.29, 1.82) is 0 Å². The van der Waals surface area contributed by atoms with Crippen molar-refractivity contribution in [2.24, 2.45) is 29.0 Å². The van der Waals surface area contributed by atoms with Gasteiger partial charge in [0.15, 0.2) is 0 Å². The molecule has 2 heterocycles. The number of aliphatic hydroxyl groups is 3. The Morgan fingerprint density at radius 1 is 0.590 bits per heavy atom. The molecule has 0 spiro atoms. The first-order valence-corrected chi connectivity index (χ1v) is 32.8. The molecule has 16 atom stereocenters. The summed E-state index contributed by atoms with van der Waals surface area (Å²) in [5.74, 6) is -17.1. The van der Waals surface area contributed by atoms with Crippen molar-refractivity contribution in [3.05, 3.63) is 54.1 Å². The molecule has 0 radical (unpaired) electrons. The van der Waals surface area contributed by atoms with Gasteiger partial charge in [-0.25, -0.2) is 9.78 Å². The molecular formula is C63H99N17O20. The van der Waals surface area contributed by atoms with E-state index in [0.717, 1.165) is 4.90 Å². The molecule has 1 aromatic heterocycles. The number of imidazole rings is 1. The minimum Gasteiger partial charge on any atom is -0.481 e. The van der Waals surface area contributed by atoms with E-state index < -0.39 is 205 Å². The molecule has 1 aromatic carbocycles. The summed E-state index contributed by atoms with van der Waals surface area (Å²) in [6, 6.07) is -11.8. The number of nitrogens with one attached hydrogen (secondary N) is 12. The number of amides is 13. The van der Waals surface area contributed by atoms with Crippen LogP contribution >= 0.6 is 0 Å². The summed E-state index contributed by atoms with van der Waals surface area (Å²) < 4.78 is 0. The third-order valence-corrected chi connectivity index (χ3v) is 16.3. The number of carboxylic acids is 2. The molecule has 1 aliphatic heterocycles. The fourth-order valence-corrected chi connectivity index (χ4v) is 10.3. The first kappa shape index (κ1) is 84.5. The summed E-state index contributed by atoms with van der Waals surface area (Å²) >= 11 is 0. The zero-order chi connectivity index (χ0) is 75.2. The zero-order valence-electron chi connectivity index (χ0n) is 57.2. The van der Waals surface area contributed by atoms with Gasteiger partial charge >= 0.3 is 11.9 Å². The number of aliphatic carboxylic acids is 2. The van der Waals surface area contributed by atoms with Crippen LogP contribution in [0.4, 0.5) is 0 Å². The van der Waals surface area contributed by atoms with E-state index >= 15 is 0 Å². The summed E-state index contributed by atoms with van der Waals surface area (Å²) in [6.07, 6.45) is -1.95. The lowest BCUT2D eigenvalue weighted by Crippen LogP contribution is -2.61. The van der Waals surface area contributed by atoms with E-state index in [2.05, 4.69) is 68.5 Å². The van der Waals surface area contributed by atoms with E-state index in [4.69, 9.17) is 17.2 Å². The van der Waals surface area contributed by atoms with Crippen LogP contribution < -0.4 is 75.7 Å². The molecule has 0 unspecified atom stereocenters. The van der Waals surface area contributed by atoms with Gasteiger partial charge in [-0.2, -0.15) is 0 Å². The molecule has 13 amide bonds. The number of hydrogen-bond acceptors (Lipinski definition) is 21. The second kappa shape index (κ2) is 41.6. The number of H-pyrrole nitrogens is 1. The van der Waals surface area contributed by atoms with Crippen molar-refractivity contribution in [3.8, 4) is 0 Å². The third kappa shape index (κ3) is 27.5. The van der Waals surface area contributed by atoms with E-state index in [1.807, 2.05) is 0 Å². The topological polar surface area (TPSA) is 600 Å². The molecule has 1 aliphatic rings. The average molecular weight is 1410 g/mol. The van der Waals surface area contributed by atoms with Crippen molar-refractivity contribution in [1.82, 2.24) is 73.4 Å². The Morgan fingerprint density at radius 2 is 1.11 bits per heavy atom. The van der Waals surface area contributed by atoms with Gasteiger partial charge in [-0.05, 0) is 90.2 Å². The lowest BCUT2D eigenvalue weighted by atomic mass is 9.96. The average Bonchev–Trinajstić information content (AvgIpc) is 1.59. The fourth-order valence-electron chi connectivity index (χ4n) is 10.3. The smallest absolute Gasteiger partial charge is 0.328 e. The number of carbonyl (C=O) groups excluding carboxylic acids is 13. The second-order valence-corrected chi connectivity index (χ2v) is 25.1. The van der Waals surface area contributed by atoms with Crippen molar-refractivity contribution >= 4 is 88.7 Å². The van der Waals surface area contributed by atoms with Gasteiger partial charge in [-0.3, -0.25) is 67.1 Å². The molecule has 3 rings (SSSR count). The maximum atomic E-state index is 14.5. The van der Waals surface area contributed by atoms with Gasteiger partial charge in [0.1, 0.15) is 78.5 Å². The van der Waals surface area contributed by atoms with Gasteiger partial charge in [0.05, 0.1) is 38.0 Å². The van der Waals surface area contributed by atoms with E-state index in [-0.39, 0.29) is 70.4 Å². The van der Waals surface area contributed by atoms with Crippen LogP contribution in [-0.2, 0) is 84.8 Å². The van der Waals surface area contributed by atoms with Crippen molar-refractivity contribution < 1.29 is 97.5 Å². The fraction of sp³-hybridized carbons (Fsp3) is 0.619. The normalized spacial score (nSPS) is 17.3. The first-order valence-electron chi connectivity index (χ1n) is 32.8. The number of aromatic nitrogens is 2. The van der Waals surface area contributed by atoms with Crippen LogP contribution in [0.5, 0.6) is 0 Å². The highest BCUT2D eigenvalue weighted by Gasteiger charge is 2.42. The number of hydrogen-bond donors (Lipinski definition) is 20. The van der Waals surface area contributed by atoms with Crippen LogP contribution in [0.1, 0.15) is 124 Å². The summed E-state index contributed by atoms with van der Waals surface area (Å²) in [5.41, 5.74) is 17.8. The van der Waals surface area contributed by atoms with Crippen LogP contribution in [0.2, 0.25) is 0 Å². The van der Waals surface area contributed by atoms with Crippen LogP contribution in [-0.4, -0.2) is 240 Å². The number of primary amides is 1. The van der Waals surface area contributed by atoms with Crippen LogP contribution in [0, 0.1) is 11.8 Å². The number of unbranched alkanes of at least 4 members (excludes halogenated alkanes) is 1. The quantitative estimate of drug-likeness (QED) is 0.0275. The number of benzene rings is 1. The monoisotopic (exact) mass is 1410 g/mol. The maximum Gasteiger partial charge on any atom is 0.328 e. The van der Waals surface area contributed by atoms with Gasteiger partial charge in [0, 0.05) is 31.3 Å². The van der Waals surface area contributed by atoms with Gasteiger partial charge < -0.3 is 111 Å². The molecule has 37 heteroatoms.